The zero-order chi connectivity index (χ0) is 23.2. The van der Waals surface area contributed by atoms with Gasteiger partial charge in [0.15, 0.2) is 6.61 Å². The summed E-state index contributed by atoms with van der Waals surface area (Å²) in [5.41, 5.74) is 2.79. The number of anilines is 1. The molecule has 1 N–H and O–H groups in total. The first kappa shape index (κ1) is 22.0. The zero-order valence-electron chi connectivity index (χ0n) is 17.9. The Labute approximate surface area is 190 Å². The lowest BCUT2D eigenvalue weighted by molar-refractivity contribution is -0.118. The third kappa shape index (κ3) is 5.33. The summed E-state index contributed by atoms with van der Waals surface area (Å²) in [6.45, 7) is 1.73. The molecule has 0 aliphatic heterocycles. The Hall–Kier alpha value is -4.26. The van der Waals surface area contributed by atoms with E-state index in [2.05, 4.69) is 10.3 Å². The molecule has 0 bridgehead atoms. The van der Waals surface area contributed by atoms with E-state index in [1.807, 2.05) is 18.2 Å². The van der Waals surface area contributed by atoms with Crippen LogP contribution >= 0.6 is 0 Å². The first-order chi connectivity index (χ1) is 16.0. The Bertz CT molecular complexity index is 1290. The number of para-hydroxylation sites is 1. The van der Waals surface area contributed by atoms with Crippen LogP contribution in [0.15, 0.2) is 78.9 Å². The van der Waals surface area contributed by atoms with Gasteiger partial charge in [0, 0.05) is 22.7 Å². The molecule has 0 fully saturated rings. The third-order valence-electron chi connectivity index (χ3n) is 4.84. The number of esters is 1. The maximum Gasteiger partial charge on any atom is 0.338 e. The van der Waals surface area contributed by atoms with Gasteiger partial charge in [-0.3, -0.25) is 4.79 Å². The van der Waals surface area contributed by atoms with Crippen molar-refractivity contribution in [2.24, 2.45) is 0 Å². The van der Waals surface area contributed by atoms with Crippen molar-refractivity contribution in [3.8, 4) is 17.0 Å². The number of ether oxygens (including phenoxy) is 2. The van der Waals surface area contributed by atoms with Crippen LogP contribution in [0.3, 0.4) is 0 Å². The minimum atomic E-state index is -0.463. The van der Waals surface area contributed by atoms with E-state index in [-0.39, 0.29) is 24.9 Å². The molecule has 4 aromatic rings. The van der Waals surface area contributed by atoms with Crippen LogP contribution in [0.2, 0.25) is 0 Å². The van der Waals surface area contributed by atoms with Gasteiger partial charge >= 0.3 is 5.97 Å². The topological polar surface area (TPSA) is 77.5 Å². The van der Waals surface area contributed by atoms with Crippen LogP contribution in [-0.4, -0.2) is 30.1 Å². The average molecular weight is 444 g/mol. The van der Waals surface area contributed by atoms with Gasteiger partial charge in [0.2, 0.25) is 0 Å². The highest BCUT2D eigenvalue weighted by atomic mass is 19.1. The molecule has 0 radical (unpaired) electrons. The van der Waals surface area contributed by atoms with E-state index < -0.39 is 5.97 Å². The summed E-state index contributed by atoms with van der Waals surface area (Å²) in [5, 5.41) is 3.32. The highest BCUT2D eigenvalue weighted by Gasteiger charge is 2.14. The van der Waals surface area contributed by atoms with E-state index in [1.54, 1.807) is 55.5 Å². The van der Waals surface area contributed by atoms with E-state index in [1.165, 1.54) is 12.1 Å². The number of hydrogen-bond acceptors (Lipinski definition) is 5. The fourth-order valence-corrected chi connectivity index (χ4v) is 3.29. The second-order valence-corrected chi connectivity index (χ2v) is 7.17. The number of hydrogen-bond donors (Lipinski definition) is 1. The van der Waals surface area contributed by atoms with Crippen molar-refractivity contribution < 1.29 is 23.5 Å². The number of nitrogens with zero attached hydrogens (tertiary/aromatic N) is 1. The van der Waals surface area contributed by atoms with Crippen LogP contribution in [0.1, 0.15) is 17.3 Å². The molecule has 1 aromatic heterocycles. The Morgan fingerprint density at radius 3 is 2.45 bits per heavy atom. The summed E-state index contributed by atoms with van der Waals surface area (Å²) >= 11 is 0. The number of nitrogens with one attached hydrogen (secondary N) is 1. The Morgan fingerprint density at radius 1 is 0.970 bits per heavy atom. The van der Waals surface area contributed by atoms with Gasteiger partial charge in [-0.15, -0.1) is 0 Å². The number of halogens is 1. The molecule has 3 aromatic carbocycles. The number of fused-ring (bicyclic) bond motifs is 1. The van der Waals surface area contributed by atoms with Gasteiger partial charge in [0.05, 0.1) is 23.4 Å². The highest BCUT2D eigenvalue weighted by molar-refractivity contribution is 5.97. The van der Waals surface area contributed by atoms with Crippen molar-refractivity contribution in [3.63, 3.8) is 0 Å². The first-order valence-electron chi connectivity index (χ1n) is 10.4. The average Bonchev–Trinajstić information content (AvgIpc) is 2.83. The van der Waals surface area contributed by atoms with Crippen molar-refractivity contribution in [1.82, 2.24) is 4.98 Å². The zero-order valence-corrected chi connectivity index (χ0v) is 17.9. The first-order valence-corrected chi connectivity index (χ1v) is 10.4. The van der Waals surface area contributed by atoms with Gasteiger partial charge in [-0.1, -0.05) is 18.2 Å². The summed E-state index contributed by atoms with van der Waals surface area (Å²) < 4.78 is 24.3. The predicted octanol–water partition coefficient (Wildman–Crippen LogP) is 5.24. The number of benzene rings is 3. The molecule has 0 atom stereocenters. The van der Waals surface area contributed by atoms with Gasteiger partial charge in [-0.25, -0.2) is 14.2 Å². The van der Waals surface area contributed by atoms with E-state index in [9.17, 15) is 14.0 Å². The van der Waals surface area contributed by atoms with E-state index in [4.69, 9.17) is 9.47 Å². The number of rotatable bonds is 7. The Kier molecular flexibility index (Phi) is 6.59. The maximum atomic E-state index is 13.4. The van der Waals surface area contributed by atoms with Gasteiger partial charge in [0.1, 0.15) is 11.6 Å². The lowest BCUT2D eigenvalue weighted by Crippen LogP contribution is -2.20. The van der Waals surface area contributed by atoms with Crippen molar-refractivity contribution in [1.29, 1.82) is 0 Å². The minimum absolute atomic E-state index is 0.250. The fourth-order valence-electron chi connectivity index (χ4n) is 3.29. The number of carbonyl (C=O) groups excluding carboxylic acids is 2. The summed E-state index contributed by atoms with van der Waals surface area (Å²) in [7, 11) is 0. The second-order valence-electron chi connectivity index (χ2n) is 7.17. The van der Waals surface area contributed by atoms with Crippen LogP contribution in [0.4, 0.5) is 10.1 Å². The monoisotopic (exact) mass is 444 g/mol. The van der Waals surface area contributed by atoms with E-state index in [0.29, 0.717) is 39.2 Å². The van der Waals surface area contributed by atoms with Gasteiger partial charge < -0.3 is 14.8 Å². The molecule has 4 rings (SSSR count). The molecule has 6 nitrogen and oxygen atoms in total. The summed E-state index contributed by atoms with van der Waals surface area (Å²) in [6.07, 6.45) is 0. The summed E-state index contributed by atoms with van der Waals surface area (Å²) in [5.74, 6) is -0.785. The lowest BCUT2D eigenvalue weighted by atomic mass is 10.1. The number of carbonyl (C=O) groups is 2. The Balaban J connectivity index is 1.68. The Morgan fingerprint density at radius 2 is 1.73 bits per heavy atom. The molecule has 7 heteroatoms. The second kappa shape index (κ2) is 9.91. The van der Waals surface area contributed by atoms with Crippen molar-refractivity contribution >= 4 is 28.5 Å². The van der Waals surface area contributed by atoms with Crippen LogP contribution in [0.5, 0.6) is 5.75 Å². The third-order valence-corrected chi connectivity index (χ3v) is 4.84. The van der Waals surface area contributed by atoms with E-state index >= 15 is 0 Å². The molecule has 0 aliphatic carbocycles. The molecule has 0 spiro atoms. The molecule has 166 valence electrons. The van der Waals surface area contributed by atoms with Crippen molar-refractivity contribution in [3.05, 3.63) is 90.2 Å². The van der Waals surface area contributed by atoms with Gasteiger partial charge in [-0.2, -0.15) is 0 Å². The number of pyridine rings is 1. The molecule has 1 amide bonds. The molecule has 0 unspecified atom stereocenters. The fraction of sp³-hybridized carbons (Fsp3) is 0.115. The van der Waals surface area contributed by atoms with Crippen LogP contribution in [-0.2, 0) is 9.53 Å². The predicted molar refractivity (Wildman–Crippen MR) is 124 cm³/mol. The molecular formula is C26H21FN2O4. The molecule has 1 heterocycles. The van der Waals surface area contributed by atoms with Gasteiger partial charge in [-0.05, 0) is 61.5 Å². The molecule has 33 heavy (non-hydrogen) atoms. The van der Waals surface area contributed by atoms with Crippen LogP contribution in [0.25, 0.3) is 22.2 Å². The van der Waals surface area contributed by atoms with Crippen molar-refractivity contribution in [2.75, 3.05) is 18.5 Å². The van der Waals surface area contributed by atoms with Crippen LogP contribution < -0.4 is 10.1 Å². The SMILES string of the molecule is CCOC(=O)c1ccc2nc(-c3ccc(F)cc3)cc(OCC(=O)Nc3ccccc3)c2c1. The smallest absolute Gasteiger partial charge is 0.338 e. The number of amides is 1. The quantitative estimate of drug-likeness (QED) is 0.395. The minimum Gasteiger partial charge on any atom is -0.483 e. The number of aromatic nitrogens is 1. The van der Waals surface area contributed by atoms with Crippen LogP contribution in [0, 0.1) is 5.82 Å². The lowest BCUT2D eigenvalue weighted by Gasteiger charge is -2.13. The molecule has 0 saturated heterocycles. The largest absolute Gasteiger partial charge is 0.483 e. The summed E-state index contributed by atoms with van der Waals surface area (Å²) in [4.78, 5) is 29.2. The van der Waals surface area contributed by atoms with E-state index in [0.717, 1.165) is 0 Å². The summed E-state index contributed by atoms with van der Waals surface area (Å²) in [6, 6.07) is 21.6. The van der Waals surface area contributed by atoms with Crippen molar-refractivity contribution in [2.45, 2.75) is 6.92 Å². The maximum absolute atomic E-state index is 13.4. The molecular weight excluding hydrogens is 423 g/mol. The molecule has 0 saturated carbocycles. The molecule has 0 aliphatic rings. The van der Waals surface area contributed by atoms with Gasteiger partial charge in [0.25, 0.3) is 5.91 Å². The standard InChI is InChI=1S/C26H21FN2O4/c1-2-32-26(31)18-10-13-22-21(14-18)24(15-23(29-22)17-8-11-19(27)12-9-17)33-16-25(30)28-20-6-4-3-5-7-20/h3-15H,2,16H2,1H3,(H,28,30). The normalized spacial score (nSPS) is 10.6. The highest BCUT2D eigenvalue weighted by Crippen LogP contribution is 2.31.